The first-order valence-electron chi connectivity index (χ1n) is 6.64. The van der Waals surface area contributed by atoms with Crippen molar-refractivity contribution in [3.05, 3.63) is 71.9 Å². The van der Waals surface area contributed by atoms with Crippen LogP contribution in [-0.4, -0.2) is 12.2 Å². The van der Waals surface area contributed by atoms with Gasteiger partial charge in [-0.05, 0) is 29.9 Å². The van der Waals surface area contributed by atoms with Gasteiger partial charge in [0.05, 0.1) is 7.11 Å². The van der Waals surface area contributed by atoms with Crippen molar-refractivity contribution in [1.82, 2.24) is 0 Å². The summed E-state index contributed by atoms with van der Waals surface area (Å²) in [5.74, 6) is -0.372. The van der Waals surface area contributed by atoms with Crippen molar-refractivity contribution in [3.63, 3.8) is 0 Å². The zero-order chi connectivity index (χ0) is 15.5. The first kappa shape index (κ1) is 14.5. The molecule has 0 bridgehead atoms. The highest BCUT2D eigenvalue weighted by molar-refractivity contribution is 7.80. The molecule has 2 aromatic rings. The molecule has 0 atom stereocenters. The van der Waals surface area contributed by atoms with E-state index in [1.807, 2.05) is 12.1 Å². The fraction of sp³-hybridized carbons (Fsp3) is 0.118. The van der Waals surface area contributed by atoms with Gasteiger partial charge in [0.25, 0.3) is 6.29 Å². The molecule has 0 saturated carbocycles. The minimum atomic E-state index is -0.671. The lowest BCUT2D eigenvalue weighted by Gasteiger charge is -2.18. The van der Waals surface area contributed by atoms with Gasteiger partial charge in [-0.2, -0.15) is 0 Å². The second-order valence-corrected chi connectivity index (χ2v) is 4.99. The van der Waals surface area contributed by atoms with E-state index in [0.29, 0.717) is 27.3 Å². The molecule has 1 aliphatic rings. The third kappa shape index (κ3) is 2.55. The molecule has 0 unspecified atom stereocenters. The Morgan fingerprint density at radius 2 is 1.82 bits per heavy atom. The van der Waals surface area contributed by atoms with Crippen LogP contribution in [0.25, 0.3) is 11.1 Å². The summed E-state index contributed by atoms with van der Waals surface area (Å²) in [6, 6.07) is 12.0. The number of hydrogen-bond donors (Lipinski definition) is 0. The predicted molar refractivity (Wildman–Crippen MR) is 84.6 cm³/mol. The fourth-order valence-corrected chi connectivity index (χ4v) is 2.57. The van der Waals surface area contributed by atoms with Gasteiger partial charge in [-0.3, -0.25) is 0 Å². The molecular weight excluding hydrogens is 303 g/mol. The molecule has 0 aromatic heterocycles. The Morgan fingerprint density at radius 1 is 1.09 bits per heavy atom. The van der Waals surface area contributed by atoms with Gasteiger partial charge in [0.15, 0.2) is 5.05 Å². The highest BCUT2D eigenvalue weighted by atomic mass is 32.1. The minimum Gasteiger partial charge on any atom is -0.486 e. The smallest absolute Gasteiger partial charge is 0.267 e. The predicted octanol–water partition coefficient (Wildman–Crippen LogP) is 4.33. The third-order valence-corrected chi connectivity index (χ3v) is 3.75. The van der Waals surface area contributed by atoms with E-state index in [0.717, 1.165) is 0 Å². The SMILES string of the molecule is COC(=S)c1ccccc1-c1c(F)cccc1C1OC=CO1. The standard InChI is InChI=1S/C17H13FO3S/c1-19-17(22)12-6-3-2-5-11(12)15-13(7-4-8-14(15)18)16-20-9-10-21-16/h2-10,16H,1H3. The molecule has 0 amide bonds. The van der Waals surface area contributed by atoms with E-state index < -0.39 is 6.29 Å². The van der Waals surface area contributed by atoms with Crippen LogP contribution in [0.5, 0.6) is 0 Å². The average Bonchev–Trinajstić information content (AvgIpc) is 3.08. The van der Waals surface area contributed by atoms with E-state index in [1.54, 1.807) is 24.3 Å². The number of ether oxygens (including phenoxy) is 3. The highest BCUT2D eigenvalue weighted by Crippen LogP contribution is 2.36. The van der Waals surface area contributed by atoms with Crippen LogP contribution in [0, 0.1) is 5.82 Å². The Labute approximate surface area is 132 Å². The topological polar surface area (TPSA) is 27.7 Å². The fourth-order valence-electron chi connectivity index (χ4n) is 2.40. The maximum absolute atomic E-state index is 14.5. The van der Waals surface area contributed by atoms with E-state index in [-0.39, 0.29) is 5.82 Å². The second kappa shape index (κ2) is 6.15. The van der Waals surface area contributed by atoms with Crippen molar-refractivity contribution in [2.75, 3.05) is 7.11 Å². The molecule has 0 radical (unpaired) electrons. The van der Waals surface area contributed by atoms with Crippen LogP contribution >= 0.6 is 12.2 Å². The Hall–Kier alpha value is -2.40. The van der Waals surface area contributed by atoms with Crippen LogP contribution in [-0.2, 0) is 14.2 Å². The molecule has 3 rings (SSSR count). The molecular formula is C17H13FO3S. The lowest BCUT2D eigenvalue weighted by molar-refractivity contribution is -0.0243. The largest absolute Gasteiger partial charge is 0.486 e. The summed E-state index contributed by atoms with van der Waals surface area (Å²) in [7, 11) is 1.49. The van der Waals surface area contributed by atoms with Crippen LogP contribution < -0.4 is 0 Å². The number of methoxy groups -OCH3 is 1. The number of halogens is 1. The summed E-state index contributed by atoms with van der Waals surface area (Å²) in [6.45, 7) is 0. The number of benzene rings is 2. The van der Waals surface area contributed by atoms with Gasteiger partial charge in [-0.1, -0.05) is 30.3 Å². The maximum atomic E-state index is 14.5. The van der Waals surface area contributed by atoms with Gasteiger partial charge in [0.2, 0.25) is 0 Å². The van der Waals surface area contributed by atoms with Crippen molar-refractivity contribution < 1.29 is 18.6 Å². The van der Waals surface area contributed by atoms with E-state index in [9.17, 15) is 4.39 Å². The lowest BCUT2D eigenvalue weighted by atomic mass is 9.94. The lowest BCUT2D eigenvalue weighted by Crippen LogP contribution is -2.07. The average molecular weight is 316 g/mol. The maximum Gasteiger partial charge on any atom is 0.267 e. The summed E-state index contributed by atoms with van der Waals surface area (Å²) in [5.41, 5.74) is 2.28. The van der Waals surface area contributed by atoms with Crippen molar-refractivity contribution in [3.8, 4) is 11.1 Å². The van der Waals surface area contributed by atoms with E-state index in [4.69, 9.17) is 26.4 Å². The van der Waals surface area contributed by atoms with Crippen molar-refractivity contribution >= 4 is 17.3 Å². The molecule has 5 heteroatoms. The Kier molecular flexibility index (Phi) is 4.06. The quantitative estimate of drug-likeness (QED) is 0.788. The number of hydrogen-bond acceptors (Lipinski definition) is 4. The minimum absolute atomic E-state index is 0.302. The Bertz CT molecular complexity index is 734. The van der Waals surface area contributed by atoms with Gasteiger partial charge in [0.1, 0.15) is 18.3 Å². The first-order chi connectivity index (χ1) is 10.7. The Morgan fingerprint density at radius 3 is 2.55 bits per heavy atom. The summed E-state index contributed by atoms with van der Waals surface area (Å²) >= 11 is 5.21. The third-order valence-electron chi connectivity index (χ3n) is 3.36. The summed E-state index contributed by atoms with van der Waals surface area (Å²) < 4.78 is 30.4. The van der Waals surface area contributed by atoms with Gasteiger partial charge >= 0.3 is 0 Å². The summed E-state index contributed by atoms with van der Waals surface area (Å²) in [6.07, 6.45) is 2.20. The van der Waals surface area contributed by atoms with Crippen LogP contribution in [0.1, 0.15) is 17.4 Å². The molecule has 0 saturated heterocycles. The van der Waals surface area contributed by atoms with E-state index >= 15 is 0 Å². The number of rotatable bonds is 3. The summed E-state index contributed by atoms with van der Waals surface area (Å²) in [4.78, 5) is 0. The molecule has 0 fully saturated rings. The molecule has 1 heterocycles. The highest BCUT2D eigenvalue weighted by Gasteiger charge is 2.24. The zero-order valence-corrected chi connectivity index (χ0v) is 12.6. The van der Waals surface area contributed by atoms with Crippen molar-refractivity contribution in [2.24, 2.45) is 0 Å². The molecule has 1 aliphatic heterocycles. The monoisotopic (exact) mass is 316 g/mol. The van der Waals surface area contributed by atoms with Gasteiger partial charge < -0.3 is 14.2 Å². The summed E-state index contributed by atoms with van der Waals surface area (Å²) in [5, 5.41) is 0.302. The molecule has 0 N–H and O–H groups in total. The van der Waals surface area contributed by atoms with E-state index in [1.165, 1.54) is 25.7 Å². The molecule has 3 nitrogen and oxygen atoms in total. The van der Waals surface area contributed by atoms with Crippen LogP contribution in [0.2, 0.25) is 0 Å². The molecule has 0 spiro atoms. The first-order valence-corrected chi connectivity index (χ1v) is 7.05. The van der Waals surface area contributed by atoms with Gasteiger partial charge in [-0.15, -0.1) is 0 Å². The van der Waals surface area contributed by atoms with Crippen molar-refractivity contribution in [1.29, 1.82) is 0 Å². The van der Waals surface area contributed by atoms with Crippen LogP contribution in [0.15, 0.2) is 55.0 Å². The molecule has 112 valence electrons. The Balaban J connectivity index is 2.18. The number of thiocarbonyl (C=S) groups is 1. The molecule has 2 aromatic carbocycles. The second-order valence-electron chi connectivity index (χ2n) is 4.62. The molecule has 22 heavy (non-hydrogen) atoms. The van der Waals surface area contributed by atoms with Crippen molar-refractivity contribution in [2.45, 2.75) is 6.29 Å². The molecule has 0 aliphatic carbocycles. The van der Waals surface area contributed by atoms with Gasteiger partial charge in [-0.25, -0.2) is 4.39 Å². The van der Waals surface area contributed by atoms with Gasteiger partial charge in [0, 0.05) is 16.7 Å². The van der Waals surface area contributed by atoms with Crippen LogP contribution in [0.4, 0.5) is 4.39 Å². The van der Waals surface area contributed by atoms with E-state index in [2.05, 4.69) is 0 Å². The normalized spacial score (nSPS) is 13.5. The van der Waals surface area contributed by atoms with Crippen LogP contribution in [0.3, 0.4) is 0 Å². The zero-order valence-electron chi connectivity index (χ0n) is 11.8.